The first-order valence-corrected chi connectivity index (χ1v) is 6.30. The van der Waals surface area contributed by atoms with Crippen LogP contribution in [-0.4, -0.2) is 29.2 Å². The maximum atomic E-state index is 4.50. The summed E-state index contributed by atoms with van der Waals surface area (Å²) in [6.45, 7) is 3.40. The molecule has 16 heavy (non-hydrogen) atoms. The summed E-state index contributed by atoms with van der Waals surface area (Å²) < 4.78 is 2.20. The van der Waals surface area contributed by atoms with E-state index in [1.54, 1.807) is 0 Å². The summed E-state index contributed by atoms with van der Waals surface area (Å²) >= 11 is 0. The summed E-state index contributed by atoms with van der Waals surface area (Å²) in [5.41, 5.74) is 2.72. The molecule has 0 spiro atoms. The average molecular weight is 220 g/mol. The van der Waals surface area contributed by atoms with Crippen LogP contribution in [0.4, 0.5) is 0 Å². The van der Waals surface area contributed by atoms with Gasteiger partial charge in [-0.05, 0) is 31.8 Å². The van der Waals surface area contributed by atoms with Crippen LogP contribution in [0.1, 0.15) is 30.3 Å². The van der Waals surface area contributed by atoms with Crippen LogP contribution in [0.25, 0.3) is 0 Å². The monoisotopic (exact) mass is 220 g/mol. The molecule has 0 radical (unpaired) electrons. The molecule has 88 valence electrons. The molecule has 2 N–H and O–H groups in total. The number of aromatic nitrogens is 2. The zero-order chi connectivity index (χ0) is 11.0. The van der Waals surface area contributed by atoms with E-state index in [1.807, 2.05) is 6.33 Å². The summed E-state index contributed by atoms with van der Waals surface area (Å²) in [5.74, 6) is 0.725. The summed E-state index contributed by atoms with van der Waals surface area (Å²) in [6, 6.07) is 0.504. The van der Waals surface area contributed by atoms with Crippen LogP contribution < -0.4 is 10.6 Å². The van der Waals surface area contributed by atoms with Crippen LogP contribution >= 0.6 is 0 Å². The lowest BCUT2D eigenvalue weighted by atomic mass is 9.87. The number of nitrogens with zero attached hydrogens (tertiary/aromatic N) is 2. The summed E-state index contributed by atoms with van der Waals surface area (Å²) in [4.78, 5) is 4.50. The predicted molar refractivity (Wildman–Crippen MR) is 63.2 cm³/mol. The third-order valence-corrected chi connectivity index (χ3v) is 3.89. The maximum Gasteiger partial charge on any atom is 0.0949 e. The molecule has 1 aromatic heterocycles. The minimum atomic E-state index is 0.504. The molecule has 0 aliphatic carbocycles. The number of aryl methyl sites for hydroxylation is 1. The zero-order valence-electron chi connectivity index (χ0n) is 9.87. The molecule has 2 unspecified atom stereocenters. The molecular formula is C12H20N4. The van der Waals surface area contributed by atoms with Crippen molar-refractivity contribution in [1.29, 1.82) is 0 Å². The second-order valence-electron chi connectivity index (χ2n) is 4.98. The molecule has 3 rings (SSSR count). The Morgan fingerprint density at radius 2 is 2.38 bits per heavy atom. The van der Waals surface area contributed by atoms with E-state index in [2.05, 4.69) is 27.2 Å². The smallest absolute Gasteiger partial charge is 0.0949 e. The first-order valence-electron chi connectivity index (χ1n) is 6.30. The SMILES string of the molecule is Cn1cnc2c1C(C1CCCNC1)NCC2. The van der Waals surface area contributed by atoms with Crippen LogP contribution in [0.5, 0.6) is 0 Å². The second-order valence-corrected chi connectivity index (χ2v) is 4.98. The van der Waals surface area contributed by atoms with Crippen molar-refractivity contribution in [3.05, 3.63) is 17.7 Å². The van der Waals surface area contributed by atoms with Crippen molar-refractivity contribution in [3.63, 3.8) is 0 Å². The molecule has 2 aliphatic rings. The quantitative estimate of drug-likeness (QED) is 0.728. The molecule has 3 heterocycles. The van der Waals surface area contributed by atoms with Gasteiger partial charge in [-0.1, -0.05) is 0 Å². The highest BCUT2D eigenvalue weighted by molar-refractivity contribution is 5.22. The van der Waals surface area contributed by atoms with E-state index in [0.29, 0.717) is 6.04 Å². The Balaban J connectivity index is 1.88. The topological polar surface area (TPSA) is 41.9 Å². The molecule has 0 bridgehead atoms. The van der Waals surface area contributed by atoms with Crippen LogP contribution in [-0.2, 0) is 13.5 Å². The van der Waals surface area contributed by atoms with Gasteiger partial charge in [-0.3, -0.25) is 0 Å². The van der Waals surface area contributed by atoms with Gasteiger partial charge in [0.2, 0.25) is 0 Å². The standard InChI is InChI=1S/C12H20N4/c1-16-8-15-10-4-6-14-11(12(10)16)9-3-2-5-13-7-9/h8-9,11,13-14H,2-7H2,1H3. The van der Waals surface area contributed by atoms with Gasteiger partial charge >= 0.3 is 0 Å². The molecule has 0 amide bonds. The minimum Gasteiger partial charge on any atom is -0.336 e. The zero-order valence-corrected chi connectivity index (χ0v) is 9.87. The molecule has 4 heteroatoms. The van der Waals surface area contributed by atoms with Crippen molar-refractivity contribution in [2.45, 2.75) is 25.3 Å². The summed E-state index contributed by atoms with van der Waals surface area (Å²) in [5, 5.41) is 7.18. The average Bonchev–Trinajstić information content (AvgIpc) is 2.73. The Morgan fingerprint density at radius 3 is 3.19 bits per heavy atom. The lowest BCUT2D eigenvalue weighted by Crippen LogP contribution is -2.42. The van der Waals surface area contributed by atoms with Crippen LogP contribution in [0.3, 0.4) is 0 Å². The molecule has 1 saturated heterocycles. The van der Waals surface area contributed by atoms with Crippen molar-refractivity contribution in [3.8, 4) is 0 Å². The highest BCUT2D eigenvalue weighted by Crippen LogP contribution is 2.31. The van der Waals surface area contributed by atoms with E-state index in [-0.39, 0.29) is 0 Å². The predicted octanol–water partition coefficient (Wildman–Crippen LogP) is 0.607. The molecule has 0 saturated carbocycles. The van der Waals surface area contributed by atoms with Crippen molar-refractivity contribution >= 4 is 0 Å². The Hall–Kier alpha value is -0.870. The highest BCUT2D eigenvalue weighted by Gasteiger charge is 2.31. The number of imidazole rings is 1. The third-order valence-electron chi connectivity index (χ3n) is 3.89. The maximum absolute atomic E-state index is 4.50. The molecule has 1 fully saturated rings. The Kier molecular flexibility index (Phi) is 2.69. The van der Waals surface area contributed by atoms with Gasteiger partial charge in [0, 0.05) is 20.0 Å². The number of hydrogen-bond donors (Lipinski definition) is 2. The van der Waals surface area contributed by atoms with Crippen LogP contribution in [0.2, 0.25) is 0 Å². The molecular weight excluding hydrogens is 200 g/mol. The number of piperidine rings is 1. The van der Waals surface area contributed by atoms with Crippen LogP contribution in [0.15, 0.2) is 6.33 Å². The largest absolute Gasteiger partial charge is 0.336 e. The van der Waals surface area contributed by atoms with E-state index in [9.17, 15) is 0 Å². The Morgan fingerprint density at radius 1 is 1.44 bits per heavy atom. The second kappa shape index (κ2) is 4.18. The minimum absolute atomic E-state index is 0.504. The third kappa shape index (κ3) is 1.66. The molecule has 0 aromatic carbocycles. The fraction of sp³-hybridized carbons (Fsp3) is 0.750. The lowest BCUT2D eigenvalue weighted by Gasteiger charge is -2.34. The van der Waals surface area contributed by atoms with Crippen molar-refractivity contribution in [2.75, 3.05) is 19.6 Å². The molecule has 4 nitrogen and oxygen atoms in total. The van der Waals surface area contributed by atoms with Crippen LogP contribution in [0, 0.1) is 5.92 Å². The molecule has 1 aromatic rings. The first kappa shape index (κ1) is 10.3. The van der Waals surface area contributed by atoms with Gasteiger partial charge in [0.1, 0.15) is 0 Å². The fourth-order valence-electron chi connectivity index (χ4n) is 3.08. The van der Waals surface area contributed by atoms with Gasteiger partial charge in [0.05, 0.1) is 23.8 Å². The van der Waals surface area contributed by atoms with Crippen molar-refractivity contribution in [1.82, 2.24) is 20.2 Å². The van der Waals surface area contributed by atoms with Gasteiger partial charge in [-0.15, -0.1) is 0 Å². The van der Waals surface area contributed by atoms with Gasteiger partial charge in [-0.2, -0.15) is 0 Å². The first-order chi connectivity index (χ1) is 7.86. The van der Waals surface area contributed by atoms with Gasteiger partial charge < -0.3 is 15.2 Å². The Labute approximate surface area is 96.4 Å². The van der Waals surface area contributed by atoms with E-state index < -0.39 is 0 Å². The number of fused-ring (bicyclic) bond motifs is 1. The summed E-state index contributed by atoms with van der Waals surface area (Å²) in [7, 11) is 2.11. The van der Waals surface area contributed by atoms with Gasteiger partial charge in [0.25, 0.3) is 0 Å². The number of hydrogen-bond acceptors (Lipinski definition) is 3. The van der Waals surface area contributed by atoms with Crippen molar-refractivity contribution in [2.24, 2.45) is 13.0 Å². The van der Waals surface area contributed by atoms with E-state index in [0.717, 1.165) is 25.4 Å². The lowest BCUT2D eigenvalue weighted by molar-refractivity contribution is 0.271. The fourth-order valence-corrected chi connectivity index (χ4v) is 3.08. The normalized spacial score (nSPS) is 30.1. The molecule has 2 atom stereocenters. The number of nitrogens with one attached hydrogen (secondary N) is 2. The van der Waals surface area contributed by atoms with Crippen molar-refractivity contribution < 1.29 is 0 Å². The summed E-state index contributed by atoms with van der Waals surface area (Å²) in [6.07, 6.45) is 5.67. The van der Waals surface area contributed by atoms with E-state index in [1.165, 1.54) is 30.8 Å². The van der Waals surface area contributed by atoms with Gasteiger partial charge in [-0.25, -0.2) is 4.98 Å². The van der Waals surface area contributed by atoms with E-state index in [4.69, 9.17) is 0 Å². The molecule has 2 aliphatic heterocycles. The van der Waals surface area contributed by atoms with Gasteiger partial charge in [0.15, 0.2) is 0 Å². The van der Waals surface area contributed by atoms with E-state index >= 15 is 0 Å². The number of rotatable bonds is 1. The highest BCUT2D eigenvalue weighted by atomic mass is 15.1. The Bertz CT molecular complexity index is 365.